The van der Waals surface area contributed by atoms with Crippen LogP contribution in [0.2, 0.25) is 0 Å². The van der Waals surface area contributed by atoms with E-state index in [1.807, 2.05) is 29.3 Å². The van der Waals surface area contributed by atoms with Crippen molar-refractivity contribution >= 4 is 34.1 Å². The summed E-state index contributed by atoms with van der Waals surface area (Å²) in [6.07, 6.45) is 10.7. The summed E-state index contributed by atoms with van der Waals surface area (Å²) in [5, 5.41) is 4.48. The maximum Gasteiger partial charge on any atom is 0.255 e. The smallest absolute Gasteiger partial charge is 0.255 e. The fraction of sp³-hybridized carbons (Fsp3) is 0.303. The van der Waals surface area contributed by atoms with Gasteiger partial charge in [-0.15, -0.1) is 0 Å². The molecule has 8 heteroatoms. The molecule has 0 aliphatic carbocycles. The molecule has 1 amide bonds. The van der Waals surface area contributed by atoms with Gasteiger partial charge in [0, 0.05) is 42.8 Å². The number of aromatic nitrogens is 4. The molecule has 2 unspecified atom stereocenters. The Hall–Kier alpha value is -4.43. The van der Waals surface area contributed by atoms with Gasteiger partial charge in [0.25, 0.3) is 5.91 Å². The molecule has 3 aromatic heterocycles. The van der Waals surface area contributed by atoms with Crippen molar-refractivity contribution in [2.24, 2.45) is 0 Å². The van der Waals surface area contributed by atoms with Gasteiger partial charge in [0.2, 0.25) is 0 Å². The van der Waals surface area contributed by atoms with E-state index in [2.05, 4.69) is 63.0 Å². The van der Waals surface area contributed by atoms with Gasteiger partial charge in [-0.1, -0.05) is 30.4 Å². The van der Waals surface area contributed by atoms with Crippen LogP contribution in [0, 0.1) is 0 Å². The molecule has 6 heterocycles. The molecule has 5 aromatic rings. The number of aryl methyl sites for hydroxylation is 1. The Kier molecular flexibility index (Phi) is 5.70. The third-order valence-corrected chi connectivity index (χ3v) is 8.70. The van der Waals surface area contributed by atoms with Crippen LogP contribution >= 0.6 is 0 Å². The number of imidazole rings is 1. The number of nitrogens with one attached hydrogen (secondary N) is 1. The molecule has 2 aromatic carbocycles. The molecule has 3 aliphatic rings. The Labute approximate surface area is 238 Å². The average Bonchev–Trinajstić information content (AvgIpc) is 3.31. The minimum Gasteiger partial charge on any atom is -0.494 e. The number of likely N-dealkylation sites (tertiary alicyclic amines) is 1. The van der Waals surface area contributed by atoms with E-state index in [1.165, 1.54) is 11.1 Å². The number of rotatable bonds is 2. The Morgan fingerprint density at radius 2 is 2.00 bits per heavy atom. The first kappa shape index (κ1) is 24.4. The molecule has 2 atom stereocenters. The highest BCUT2D eigenvalue weighted by Crippen LogP contribution is 2.37. The van der Waals surface area contributed by atoms with Crippen molar-refractivity contribution in [1.82, 2.24) is 29.3 Å². The van der Waals surface area contributed by atoms with E-state index in [1.54, 1.807) is 7.11 Å². The molecule has 2 saturated heterocycles. The summed E-state index contributed by atoms with van der Waals surface area (Å²) in [5.74, 6) is 1.53. The zero-order chi connectivity index (χ0) is 27.5. The molecule has 41 heavy (non-hydrogen) atoms. The SMILES string of the molecule is COc1cc(C(=O)N2CCC3NC32)cc2nc3n(c12)Cc1cccc(c1)/C=C\CCCCn1c-3cc2cccnc21. The quantitative estimate of drug-likeness (QED) is 0.299. The molecule has 0 saturated carbocycles. The van der Waals surface area contributed by atoms with Crippen molar-refractivity contribution in [2.75, 3.05) is 13.7 Å². The molecular weight excluding hydrogens is 512 g/mol. The summed E-state index contributed by atoms with van der Waals surface area (Å²) < 4.78 is 10.5. The summed E-state index contributed by atoms with van der Waals surface area (Å²) >= 11 is 0. The van der Waals surface area contributed by atoms with Crippen molar-refractivity contribution in [3.05, 3.63) is 83.6 Å². The second-order valence-electron chi connectivity index (χ2n) is 11.3. The van der Waals surface area contributed by atoms with E-state index in [0.717, 1.165) is 72.4 Å². The highest BCUT2D eigenvalue weighted by Gasteiger charge is 2.48. The number of pyridine rings is 1. The lowest BCUT2D eigenvalue weighted by atomic mass is 10.1. The van der Waals surface area contributed by atoms with Gasteiger partial charge in [0.05, 0.1) is 24.5 Å². The van der Waals surface area contributed by atoms with Crippen LogP contribution in [0.15, 0.2) is 66.9 Å². The first-order valence-electron chi connectivity index (χ1n) is 14.5. The number of carbonyl (C=O) groups is 1. The molecular formula is C33H32N6O2. The van der Waals surface area contributed by atoms with Crippen molar-refractivity contribution in [3.8, 4) is 17.3 Å². The summed E-state index contributed by atoms with van der Waals surface area (Å²) in [4.78, 5) is 25.5. The van der Waals surface area contributed by atoms with Crippen molar-refractivity contribution in [3.63, 3.8) is 0 Å². The van der Waals surface area contributed by atoms with Gasteiger partial charge in [-0.05, 0) is 73.2 Å². The molecule has 3 aliphatic heterocycles. The number of allylic oxidation sites excluding steroid dienone is 1. The van der Waals surface area contributed by atoms with Gasteiger partial charge in [0.15, 0.2) is 5.82 Å². The van der Waals surface area contributed by atoms with Gasteiger partial charge >= 0.3 is 0 Å². The number of nitrogens with zero attached hydrogens (tertiary/aromatic N) is 5. The highest BCUT2D eigenvalue weighted by atomic mass is 16.5. The average molecular weight is 545 g/mol. The zero-order valence-corrected chi connectivity index (χ0v) is 23.1. The molecule has 0 spiro atoms. The van der Waals surface area contributed by atoms with E-state index >= 15 is 0 Å². The zero-order valence-electron chi connectivity index (χ0n) is 23.1. The minimum absolute atomic E-state index is 0.0231. The van der Waals surface area contributed by atoms with E-state index in [0.29, 0.717) is 23.9 Å². The van der Waals surface area contributed by atoms with Crippen LogP contribution < -0.4 is 10.1 Å². The van der Waals surface area contributed by atoms with E-state index in [-0.39, 0.29) is 12.1 Å². The first-order chi connectivity index (χ1) is 20.2. The third kappa shape index (κ3) is 4.13. The molecule has 8 rings (SSSR count). The second-order valence-corrected chi connectivity index (χ2v) is 11.3. The lowest BCUT2D eigenvalue weighted by Crippen LogP contribution is -2.33. The van der Waals surface area contributed by atoms with E-state index in [9.17, 15) is 4.79 Å². The minimum atomic E-state index is 0.0231. The Morgan fingerprint density at radius 3 is 2.85 bits per heavy atom. The van der Waals surface area contributed by atoms with Crippen molar-refractivity contribution < 1.29 is 9.53 Å². The Morgan fingerprint density at radius 1 is 1.05 bits per heavy atom. The number of ether oxygens (including phenoxy) is 1. The van der Waals surface area contributed by atoms with Gasteiger partial charge in [-0.3, -0.25) is 10.1 Å². The monoisotopic (exact) mass is 544 g/mol. The maximum absolute atomic E-state index is 13.6. The summed E-state index contributed by atoms with van der Waals surface area (Å²) in [7, 11) is 1.67. The third-order valence-electron chi connectivity index (χ3n) is 8.70. The number of benzene rings is 2. The summed E-state index contributed by atoms with van der Waals surface area (Å²) in [6, 6.07) is 19.2. The van der Waals surface area contributed by atoms with Crippen LogP contribution in [-0.4, -0.2) is 55.8 Å². The lowest BCUT2D eigenvalue weighted by Gasteiger charge is -2.18. The number of fused-ring (bicyclic) bond motifs is 10. The number of hydrogen-bond donors (Lipinski definition) is 1. The van der Waals surface area contributed by atoms with E-state index < -0.39 is 0 Å². The predicted molar refractivity (Wildman–Crippen MR) is 160 cm³/mol. The van der Waals surface area contributed by atoms with Crippen LogP contribution in [0.25, 0.3) is 39.7 Å². The molecule has 206 valence electrons. The van der Waals surface area contributed by atoms with Crippen LogP contribution in [0.5, 0.6) is 5.75 Å². The van der Waals surface area contributed by atoms with Gasteiger partial charge in [-0.2, -0.15) is 0 Å². The number of carbonyl (C=O) groups excluding carboxylic acids is 1. The fourth-order valence-electron chi connectivity index (χ4n) is 6.61. The summed E-state index contributed by atoms with van der Waals surface area (Å²) in [5.41, 5.74) is 6.62. The topological polar surface area (TPSA) is 87.1 Å². The normalized spacial score (nSPS) is 20.8. The second kappa shape index (κ2) is 9.59. The Balaban J connectivity index is 1.35. The predicted octanol–water partition coefficient (Wildman–Crippen LogP) is 5.45. The van der Waals surface area contributed by atoms with E-state index in [4.69, 9.17) is 14.7 Å². The Bertz CT molecular complexity index is 1850. The standard InChI is InChI=1S/C33H32N6O2/c1-41-28-19-24(33(40)38-15-12-25-31(38)35-25)17-26-29(28)39-20-22-10-6-9-21(16-22)8-4-2-3-5-14-37-27(32(39)36-26)18-23-11-7-13-34-30(23)37/h4,6-11,13,16-19,25,31,35H,2-3,5,12,14-15,20H2,1H3/b8-4-. The number of amides is 1. The van der Waals surface area contributed by atoms with Crippen molar-refractivity contribution in [2.45, 2.75) is 51.0 Å². The summed E-state index contributed by atoms with van der Waals surface area (Å²) in [6.45, 7) is 2.24. The number of methoxy groups -OCH3 is 1. The molecule has 2 bridgehead atoms. The lowest BCUT2D eigenvalue weighted by molar-refractivity contribution is 0.0763. The van der Waals surface area contributed by atoms with Crippen LogP contribution in [-0.2, 0) is 13.1 Å². The largest absolute Gasteiger partial charge is 0.494 e. The maximum atomic E-state index is 13.6. The van der Waals surface area contributed by atoms with Gasteiger partial charge in [-0.25, -0.2) is 9.97 Å². The van der Waals surface area contributed by atoms with Gasteiger partial charge < -0.3 is 18.8 Å². The molecule has 0 radical (unpaired) electrons. The molecule has 8 nitrogen and oxygen atoms in total. The van der Waals surface area contributed by atoms with Crippen molar-refractivity contribution in [1.29, 1.82) is 0 Å². The fourth-order valence-corrected chi connectivity index (χ4v) is 6.61. The molecule has 1 N–H and O–H groups in total. The number of hydrogen-bond acceptors (Lipinski definition) is 5. The van der Waals surface area contributed by atoms with Gasteiger partial charge in [0.1, 0.15) is 16.9 Å². The first-order valence-corrected chi connectivity index (χ1v) is 14.5. The molecule has 2 fully saturated rings. The van der Waals surface area contributed by atoms with Crippen LogP contribution in [0.4, 0.5) is 0 Å². The highest BCUT2D eigenvalue weighted by molar-refractivity contribution is 6.00. The van der Waals surface area contributed by atoms with Crippen LogP contribution in [0.3, 0.4) is 0 Å². The van der Waals surface area contributed by atoms with Crippen LogP contribution in [0.1, 0.15) is 47.2 Å².